The van der Waals surface area contributed by atoms with Crippen molar-refractivity contribution in [2.45, 2.75) is 39.2 Å². The Morgan fingerprint density at radius 3 is 2.26 bits per heavy atom. The molecule has 1 heterocycles. The number of rotatable bonds is 24. The van der Waals surface area contributed by atoms with Gasteiger partial charge in [-0.15, -0.1) is 5.11 Å². The van der Waals surface area contributed by atoms with E-state index < -0.39 is 11.8 Å². The first kappa shape index (κ1) is 45.3. The topological polar surface area (TPSA) is 224 Å². The molecule has 5 aromatic rings. The molecule has 0 unspecified atom stereocenters. The zero-order valence-electron chi connectivity index (χ0n) is 34.5. The molecule has 7 N–H and O–H groups in total. The second-order valence-corrected chi connectivity index (χ2v) is 14.0. The maximum absolute atomic E-state index is 13.0. The molecule has 0 saturated carbocycles. The third kappa shape index (κ3) is 14.2. The number of aryl methyl sites for hydroxylation is 1. The van der Waals surface area contributed by atoms with Crippen molar-refractivity contribution in [1.29, 1.82) is 0 Å². The molecule has 4 aromatic carbocycles. The number of phenolic OH excluding ortho intramolecular Hbond substituents is 1. The number of likely N-dealkylation sites (N-methyl/N-ethyl adjacent to an activating group) is 1. The van der Waals surface area contributed by atoms with Crippen LogP contribution in [0.3, 0.4) is 0 Å². The van der Waals surface area contributed by atoms with E-state index in [1.165, 1.54) is 12.1 Å². The van der Waals surface area contributed by atoms with E-state index in [1.54, 1.807) is 60.7 Å². The minimum atomic E-state index is -0.618. The van der Waals surface area contributed by atoms with Crippen molar-refractivity contribution in [3.8, 4) is 5.75 Å². The highest BCUT2D eigenvalue weighted by molar-refractivity contribution is 6.06. The van der Waals surface area contributed by atoms with Gasteiger partial charge in [0.25, 0.3) is 11.8 Å². The van der Waals surface area contributed by atoms with Crippen LogP contribution in [0.1, 0.15) is 68.4 Å². The lowest BCUT2D eigenvalue weighted by atomic mass is 10.1. The molecule has 4 amide bonds. The second-order valence-electron chi connectivity index (χ2n) is 14.0. The van der Waals surface area contributed by atoms with Gasteiger partial charge in [-0.05, 0) is 123 Å². The molecular weight excluding hydrogens is 779 g/mol. The Hall–Kier alpha value is -6.75. The molecule has 0 saturated heterocycles. The number of nitrogens with zero attached hydrogens (tertiary/aromatic N) is 4. The predicted octanol–water partition coefficient (Wildman–Crippen LogP) is 6.05. The van der Waals surface area contributed by atoms with Gasteiger partial charge >= 0.3 is 0 Å². The normalized spacial score (nSPS) is 11.4. The first-order chi connectivity index (χ1) is 29.6. The summed E-state index contributed by atoms with van der Waals surface area (Å²) in [6.45, 7) is 6.11. The summed E-state index contributed by atoms with van der Waals surface area (Å²) in [6.07, 6.45) is 6.05. The van der Waals surface area contributed by atoms with Gasteiger partial charge in [-0.1, -0.05) is 25.1 Å². The molecule has 1 aromatic heterocycles. The minimum Gasteiger partial charge on any atom is -0.506 e. The van der Waals surface area contributed by atoms with Gasteiger partial charge in [0.15, 0.2) is 0 Å². The number of carbonyl (C=O) groups is 4. The van der Waals surface area contributed by atoms with Crippen molar-refractivity contribution in [3.63, 3.8) is 0 Å². The van der Waals surface area contributed by atoms with Gasteiger partial charge in [-0.2, -0.15) is 5.11 Å². The predicted molar refractivity (Wildman–Crippen MR) is 235 cm³/mol. The fraction of sp³-hybridized carbons (Fsp3) is 0.311. The molecule has 320 valence electrons. The molecule has 0 aliphatic carbocycles. The molecule has 0 spiro atoms. The first-order valence-electron chi connectivity index (χ1n) is 20.2. The fourth-order valence-electron chi connectivity index (χ4n) is 6.07. The summed E-state index contributed by atoms with van der Waals surface area (Å²) in [5.41, 5.74) is 10.6. The van der Waals surface area contributed by atoms with E-state index in [0.717, 1.165) is 36.0 Å². The van der Waals surface area contributed by atoms with Crippen LogP contribution in [0.2, 0.25) is 0 Å². The number of imidazole rings is 1. The first-order valence-corrected chi connectivity index (χ1v) is 20.2. The van der Waals surface area contributed by atoms with E-state index in [0.29, 0.717) is 87.3 Å². The van der Waals surface area contributed by atoms with E-state index in [9.17, 15) is 24.3 Å². The van der Waals surface area contributed by atoms with Gasteiger partial charge in [-0.3, -0.25) is 24.5 Å². The zero-order chi connectivity index (χ0) is 43.4. The van der Waals surface area contributed by atoms with Crippen LogP contribution >= 0.6 is 0 Å². The van der Waals surface area contributed by atoms with Crippen LogP contribution in [-0.2, 0) is 27.2 Å². The van der Waals surface area contributed by atoms with E-state index in [4.69, 9.17) is 15.2 Å². The number of nitrogens with two attached hydrogens (primary N) is 1. The lowest BCUT2D eigenvalue weighted by molar-refractivity contribution is -0.116. The molecule has 61 heavy (non-hydrogen) atoms. The summed E-state index contributed by atoms with van der Waals surface area (Å²) in [6, 6.07) is 23.8. The number of azo groups is 1. The Morgan fingerprint density at radius 1 is 0.803 bits per heavy atom. The number of aromatic nitrogens is 2. The molecule has 0 bridgehead atoms. The van der Waals surface area contributed by atoms with E-state index >= 15 is 0 Å². The average molecular weight is 832 g/mol. The van der Waals surface area contributed by atoms with Crippen molar-refractivity contribution >= 4 is 58.1 Å². The molecule has 0 atom stereocenters. The number of amides is 4. The van der Waals surface area contributed by atoms with Crippen molar-refractivity contribution in [1.82, 2.24) is 25.5 Å². The number of ether oxygens (including phenoxy) is 2. The monoisotopic (exact) mass is 831 g/mol. The maximum atomic E-state index is 13.0. The van der Waals surface area contributed by atoms with Gasteiger partial charge in [0.05, 0.1) is 29.9 Å². The van der Waals surface area contributed by atoms with Crippen molar-refractivity contribution in [2.75, 3.05) is 58.4 Å². The smallest absolute Gasteiger partial charge is 0.257 e. The fourth-order valence-corrected chi connectivity index (χ4v) is 6.07. The molecular formula is C45H53N9O7. The number of carbonyl (C=O) groups excluding carboxylic acids is 4. The molecule has 0 aliphatic rings. The lowest BCUT2D eigenvalue weighted by Gasteiger charge is -2.09. The van der Waals surface area contributed by atoms with Gasteiger partial charge in [-0.25, -0.2) is 4.98 Å². The zero-order valence-corrected chi connectivity index (χ0v) is 34.5. The number of nitrogens with one attached hydrogen (secondary N) is 4. The summed E-state index contributed by atoms with van der Waals surface area (Å²) in [4.78, 5) is 54.2. The van der Waals surface area contributed by atoms with Crippen LogP contribution in [0.4, 0.5) is 17.3 Å². The molecule has 16 nitrogen and oxygen atoms in total. The van der Waals surface area contributed by atoms with Crippen LogP contribution in [0.25, 0.3) is 17.1 Å². The summed E-state index contributed by atoms with van der Waals surface area (Å²) in [5, 5.41) is 30.2. The number of aromatic hydroxyl groups is 1. The highest BCUT2D eigenvalue weighted by Crippen LogP contribution is 2.29. The average Bonchev–Trinajstić information content (AvgIpc) is 3.60. The Morgan fingerprint density at radius 2 is 1.54 bits per heavy atom. The lowest BCUT2D eigenvalue weighted by Crippen LogP contribution is -2.25. The van der Waals surface area contributed by atoms with E-state index in [1.807, 2.05) is 42.8 Å². The van der Waals surface area contributed by atoms with Crippen LogP contribution in [0, 0.1) is 0 Å². The molecule has 16 heteroatoms. The van der Waals surface area contributed by atoms with E-state index in [2.05, 4.69) is 36.5 Å². The number of phenols is 1. The Labute approximate surface area is 354 Å². The summed E-state index contributed by atoms with van der Waals surface area (Å²) in [5.74, 6) is -1.04. The van der Waals surface area contributed by atoms with Gasteiger partial charge < -0.3 is 40.8 Å². The summed E-state index contributed by atoms with van der Waals surface area (Å²) in [7, 11) is 1.88. The molecule has 0 aliphatic heterocycles. The molecule has 5 rings (SSSR count). The van der Waals surface area contributed by atoms with Crippen molar-refractivity contribution < 1.29 is 33.8 Å². The SMILES string of the molecule is CCCn1c(NC(=O)c2cccc(C(N)=O)c2)nc2cc(/C=C/C(=O)NCCCOCCOCCCNC(=O)c3ccc(N=Nc4cc(CCNC)ccc4O)cc3)ccc21. The van der Waals surface area contributed by atoms with Gasteiger partial charge in [0, 0.05) is 55.6 Å². The summed E-state index contributed by atoms with van der Waals surface area (Å²) >= 11 is 0. The summed E-state index contributed by atoms with van der Waals surface area (Å²) < 4.78 is 13.1. The third-order valence-corrected chi connectivity index (χ3v) is 9.28. The van der Waals surface area contributed by atoms with Crippen molar-refractivity contribution in [3.05, 3.63) is 119 Å². The Balaban J connectivity index is 0.924. The Kier molecular flexibility index (Phi) is 17.6. The van der Waals surface area contributed by atoms with Gasteiger partial charge in [0.2, 0.25) is 17.8 Å². The number of primary amides is 1. The van der Waals surface area contributed by atoms with Crippen LogP contribution in [-0.4, -0.2) is 91.4 Å². The number of fused-ring (bicyclic) bond motifs is 1. The third-order valence-electron chi connectivity index (χ3n) is 9.28. The number of anilines is 1. The maximum Gasteiger partial charge on any atom is 0.257 e. The standard InChI is InChI=1S/C45H53N9O7/c1-3-23-54-39-16-9-31(28-37(39)50-45(54)51-44(59)35-8-4-7-34(30-35)42(46)57)11-18-41(56)48-20-5-24-60-26-27-61-25-6-21-49-43(58)33-12-14-36(15-13-33)52-53-38-29-32(19-22-47-2)10-17-40(38)55/h4,7-18,28-30,47,55H,3,5-6,19-27H2,1-2H3,(H2,46,57)(H,48,56)(H,49,58)(H,50,51,59)/b18-11+,53-52?. The molecule has 0 fully saturated rings. The number of hydrogen-bond acceptors (Lipinski definition) is 11. The second kappa shape index (κ2) is 23.7. The minimum absolute atomic E-state index is 0.0504. The Bertz CT molecular complexity index is 2320. The highest BCUT2D eigenvalue weighted by Gasteiger charge is 2.16. The van der Waals surface area contributed by atoms with Crippen LogP contribution < -0.4 is 27.0 Å². The van der Waals surface area contributed by atoms with Crippen molar-refractivity contribution in [2.24, 2.45) is 16.0 Å². The van der Waals surface area contributed by atoms with Crippen LogP contribution in [0.15, 0.2) is 101 Å². The quantitative estimate of drug-likeness (QED) is 0.0241. The van der Waals surface area contributed by atoms with Crippen LogP contribution in [0.5, 0.6) is 5.75 Å². The number of hydrogen-bond donors (Lipinski definition) is 6. The molecule has 0 radical (unpaired) electrons. The number of benzene rings is 4. The van der Waals surface area contributed by atoms with Gasteiger partial charge in [0.1, 0.15) is 11.4 Å². The largest absolute Gasteiger partial charge is 0.506 e. The van der Waals surface area contributed by atoms with E-state index in [-0.39, 0.29) is 28.7 Å². The highest BCUT2D eigenvalue weighted by atomic mass is 16.5.